The summed E-state index contributed by atoms with van der Waals surface area (Å²) in [5.41, 5.74) is 1.24. The molecule has 2 fully saturated rings. The summed E-state index contributed by atoms with van der Waals surface area (Å²) in [5.74, 6) is 3.62. The Balaban J connectivity index is 1.81. The number of rotatable bonds is 2. The molecule has 3 rings (SSSR count). The van der Waals surface area contributed by atoms with Crippen LogP contribution in [-0.2, 0) is 0 Å². The number of fused-ring (bicyclic) bond motifs is 5. The molecule has 5 atom stereocenters. The van der Waals surface area contributed by atoms with Crippen LogP contribution in [0, 0.1) is 29.6 Å². The van der Waals surface area contributed by atoms with Crippen molar-refractivity contribution >= 4 is 0 Å². The number of aliphatic hydroxyl groups excluding tert-OH is 2. The lowest BCUT2D eigenvalue weighted by atomic mass is 9.76. The van der Waals surface area contributed by atoms with Gasteiger partial charge in [-0.3, -0.25) is 0 Å². The molecular weight excluding hydrogens is 176 g/mol. The Hall–Kier alpha value is -0.340. The molecule has 0 aromatic carbocycles. The average molecular weight is 194 g/mol. The van der Waals surface area contributed by atoms with Crippen molar-refractivity contribution in [2.24, 2.45) is 29.6 Å². The van der Waals surface area contributed by atoms with E-state index in [1.807, 2.05) is 0 Å². The number of hydrogen-bond donors (Lipinski definition) is 2. The first-order valence-electron chi connectivity index (χ1n) is 5.74. The minimum Gasteiger partial charge on any atom is -0.396 e. The lowest BCUT2D eigenvalue weighted by Crippen LogP contribution is -2.26. The van der Waals surface area contributed by atoms with Gasteiger partial charge in [-0.15, -0.1) is 0 Å². The van der Waals surface area contributed by atoms with Crippen molar-refractivity contribution in [3.05, 3.63) is 11.6 Å². The number of allylic oxidation sites excluding steroid dienone is 1. The van der Waals surface area contributed by atoms with Crippen LogP contribution in [0.5, 0.6) is 0 Å². The van der Waals surface area contributed by atoms with Crippen molar-refractivity contribution in [1.82, 2.24) is 0 Å². The van der Waals surface area contributed by atoms with E-state index < -0.39 is 0 Å². The van der Waals surface area contributed by atoms with Gasteiger partial charge in [0.05, 0.1) is 6.61 Å². The lowest BCUT2D eigenvalue weighted by molar-refractivity contribution is 0.127. The van der Waals surface area contributed by atoms with Crippen molar-refractivity contribution in [3.63, 3.8) is 0 Å². The van der Waals surface area contributed by atoms with Crippen LogP contribution in [0.2, 0.25) is 0 Å². The van der Waals surface area contributed by atoms with Gasteiger partial charge in [-0.25, -0.2) is 0 Å². The second-order valence-electron chi connectivity index (χ2n) is 5.27. The van der Waals surface area contributed by atoms with Crippen LogP contribution in [0.3, 0.4) is 0 Å². The van der Waals surface area contributed by atoms with E-state index in [0.717, 1.165) is 30.1 Å². The Morgan fingerprint density at radius 2 is 2.07 bits per heavy atom. The lowest BCUT2D eigenvalue weighted by Gasteiger charge is -2.30. The molecule has 2 saturated carbocycles. The van der Waals surface area contributed by atoms with E-state index in [-0.39, 0.29) is 6.61 Å². The highest BCUT2D eigenvalue weighted by Crippen LogP contribution is 2.59. The van der Waals surface area contributed by atoms with Crippen LogP contribution in [0.25, 0.3) is 0 Å². The summed E-state index contributed by atoms with van der Waals surface area (Å²) >= 11 is 0. The van der Waals surface area contributed by atoms with Crippen molar-refractivity contribution < 1.29 is 10.2 Å². The van der Waals surface area contributed by atoms with Gasteiger partial charge >= 0.3 is 0 Å². The molecule has 0 saturated heterocycles. The van der Waals surface area contributed by atoms with E-state index >= 15 is 0 Å². The molecule has 2 N–H and O–H groups in total. The molecule has 14 heavy (non-hydrogen) atoms. The smallest absolute Gasteiger partial charge is 0.0641 e. The molecule has 0 radical (unpaired) electrons. The van der Waals surface area contributed by atoms with Crippen LogP contribution >= 0.6 is 0 Å². The number of aliphatic hydroxyl groups is 2. The fourth-order valence-corrected chi connectivity index (χ4v) is 4.19. The van der Waals surface area contributed by atoms with Gasteiger partial charge in [0.2, 0.25) is 0 Å². The zero-order valence-electron chi connectivity index (χ0n) is 8.39. The highest BCUT2D eigenvalue weighted by Gasteiger charge is 2.53. The maximum atomic E-state index is 9.26. The molecular formula is C12H18O2. The summed E-state index contributed by atoms with van der Waals surface area (Å²) in [4.78, 5) is 0. The zero-order valence-corrected chi connectivity index (χ0v) is 8.39. The first-order chi connectivity index (χ1) is 6.83. The van der Waals surface area contributed by atoms with Crippen molar-refractivity contribution in [1.29, 1.82) is 0 Å². The minimum atomic E-state index is 0.246. The van der Waals surface area contributed by atoms with E-state index in [1.165, 1.54) is 18.4 Å². The van der Waals surface area contributed by atoms with Gasteiger partial charge in [-0.05, 0) is 54.4 Å². The molecule has 78 valence electrons. The molecule has 0 heterocycles. The van der Waals surface area contributed by atoms with Crippen molar-refractivity contribution in [2.45, 2.75) is 19.3 Å². The first kappa shape index (κ1) is 8.93. The van der Waals surface area contributed by atoms with Gasteiger partial charge in [-0.1, -0.05) is 6.08 Å². The largest absolute Gasteiger partial charge is 0.396 e. The fourth-order valence-electron chi connectivity index (χ4n) is 4.19. The predicted octanol–water partition coefficient (Wildman–Crippen LogP) is 1.19. The van der Waals surface area contributed by atoms with Gasteiger partial charge < -0.3 is 10.2 Å². The minimum absolute atomic E-state index is 0.246. The van der Waals surface area contributed by atoms with Crippen LogP contribution in [-0.4, -0.2) is 23.4 Å². The van der Waals surface area contributed by atoms with E-state index in [0.29, 0.717) is 12.5 Å². The topological polar surface area (TPSA) is 40.5 Å². The second-order valence-corrected chi connectivity index (χ2v) is 5.27. The summed E-state index contributed by atoms with van der Waals surface area (Å²) in [7, 11) is 0. The van der Waals surface area contributed by atoms with Crippen LogP contribution in [0.4, 0.5) is 0 Å². The van der Waals surface area contributed by atoms with Gasteiger partial charge in [0.25, 0.3) is 0 Å². The predicted molar refractivity (Wildman–Crippen MR) is 53.6 cm³/mol. The number of hydrogen-bond acceptors (Lipinski definition) is 2. The Morgan fingerprint density at radius 3 is 2.79 bits per heavy atom. The molecule has 2 heteroatoms. The summed E-state index contributed by atoms with van der Waals surface area (Å²) in [6.07, 6.45) is 5.97. The monoisotopic (exact) mass is 194 g/mol. The Morgan fingerprint density at radius 1 is 1.21 bits per heavy atom. The molecule has 0 aromatic heterocycles. The summed E-state index contributed by atoms with van der Waals surface area (Å²) in [6.45, 7) is 0.620. The molecule has 0 aromatic rings. The molecule has 0 spiro atoms. The molecule has 2 nitrogen and oxygen atoms in total. The molecule has 5 unspecified atom stereocenters. The highest BCUT2D eigenvalue weighted by atomic mass is 16.3. The maximum Gasteiger partial charge on any atom is 0.0641 e. The normalized spacial score (nSPS) is 49.6. The summed E-state index contributed by atoms with van der Waals surface area (Å²) in [5, 5.41) is 18.4. The SMILES string of the molecule is OCC1=CC2C3CC(CO)C(C3)C2C1. The first-order valence-corrected chi connectivity index (χ1v) is 5.74. The summed E-state index contributed by atoms with van der Waals surface area (Å²) in [6, 6.07) is 0. The van der Waals surface area contributed by atoms with Crippen LogP contribution in [0.15, 0.2) is 11.6 Å². The van der Waals surface area contributed by atoms with E-state index in [4.69, 9.17) is 5.11 Å². The van der Waals surface area contributed by atoms with Gasteiger partial charge in [0, 0.05) is 6.61 Å². The third kappa shape index (κ3) is 1.04. The van der Waals surface area contributed by atoms with E-state index in [1.54, 1.807) is 0 Å². The van der Waals surface area contributed by atoms with E-state index in [2.05, 4.69) is 6.08 Å². The van der Waals surface area contributed by atoms with Crippen LogP contribution < -0.4 is 0 Å². The molecule has 2 bridgehead atoms. The van der Waals surface area contributed by atoms with Gasteiger partial charge in [0.15, 0.2) is 0 Å². The molecule has 3 aliphatic rings. The molecule has 0 aliphatic heterocycles. The zero-order chi connectivity index (χ0) is 9.71. The standard InChI is InChI=1S/C12H18O2/c13-5-7-1-10-8-3-9(6-14)11(4-8)12(10)2-7/h1,8-14H,2-6H2. The van der Waals surface area contributed by atoms with Crippen molar-refractivity contribution in [2.75, 3.05) is 13.2 Å². The Kier molecular flexibility index (Phi) is 1.96. The third-order valence-electron chi connectivity index (χ3n) is 4.74. The third-order valence-corrected chi connectivity index (χ3v) is 4.74. The molecule has 0 amide bonds. The van der Waals surface area contributed by atoms with Gasteiger partial charge in [-0.2, -0.15) is 0 Å². The molecule has 3 aliphatic carbocycles. The quantitative estimate of drug-likeness (QED) is 0.648. The van der Waals surface area contributed by atoms with Gasteiger partial charge in [0.1, 0.15) is 0 Å². The maximum absolute atomic E-state index is 9.26. The fraction of sp³-hybridized carbons (Fsp3) is 0.833. The van der Waals surface area contributed by atoms with Crippen LogP contribution in [0.1, 0.15) is 19.3 Å². The Labute approximate surface area is 84.6 Å². The second kappa shape index (κ2) is 3.07. The summed E-state index contributed by atoms with van der Waals surface area (Å²) < 4.78 is 0. The Bertz CT molecular complexity index is 269. The average Bonchev–Trinajstić information content (AvgIpc) is 2.87. The van der Waals surface area contributed by atoms with E-state index in [9.17, 15) is 5.11 Å². The highest BCUT2D eigenvalue weighted by molar-refractivity contribution is 5.21. The van der Waals surface area contributed by atoms with Crippen molar-refractivity contribution in [3.8, 4) is 0 Å².